The van der Waals surface area contributed by atoms with Crippen LogP contribution in [0.3, 0.4) is 0 Å². The van der Waals surface area contributed by atoms with Crippen molar-refractivity contribution in [3.63, 3.8) is 0 Å². The number of aliphatic imine (C=N–C) groups is 1. The Labute approximate surface area is 203 Å². The van der Waals surface area contributed by atoms with Crippen LogP contribution in [0.2, 0.25) is 0 Å². The number of fused-ring (bicyclic) bond motifs is 1. The van der Waals surface area contributed by atoms with Gasteiger partial charge < -0.3 is 21.1 Å². The summed E-state index contributed by atoms with van der Waals surface area (Å²) in [6.07, 6.45) is 7.69. The van der Waals surface area contributed by atoms with Crippen molar-refractivity contribution >= 4 is 33.4 Å². The molecule has 33 heavy (non-hydrogen) atoms. The Morgan fingerprint density at radius 1 is 1.21 bits per heavy atom. The third-order valence-electron chi connectivity index (χ3n) is 4.82. The lowest BCUT2D eigenvalue weighted by atomic mass is 10.1. The largest absolute Gasteiger partial charge is 0.470 e. The number of halogens is 1. The van der Waals surface area contributed by atoms with Crippen LogP contribution in [0, 0.1) is 0 Å². The molecule has 1 aromatic carbocycles. The normalized spacial score (nSPS) is 15.1. The Kier molecular flexibility index (Phi) is 9.87. The smallest absolute Gasteiger partial charge is 0.237 e. The molecule has 8 heteroatoms. The van der Waals surface area contributed by atoms with Crippen LogP contribution in [0.1, 0.15) is 11.3 Å². The quantitative estimate of drug-likeness (QED) is 0.330. The van der Waals surface area contributed by atoms with Gasteiger partial charge in [-0.3, -0.25) is 9.98 Å². The molecular weight excluding hydrogens is 480 g/mol. The van der Waals surface area contributed by atoms with E-state index >= 15 is 0 Å². The third-order valence-corrected chi connectivity index (χ3v) is 5.29. The Hall–Kier alpha value is -3.23. The highest BCUT2D eigenvalue weighted by molar-refractivity contribution is 9.10. The summed E-state index contributed by atoms with van der Waals surface area (Å²) in [5.41, 5.74) is 9.31. The average molecular weight is 509 g/mol. The second kappa shape index (κ2) is 13.3. The van der Waals surface area contributed by atoms with Crippen molar-refractivity contribution in [2.75, 3.05) is 32.0 Å². The van der Waals surface area contributed by atoms with E-state index in [9.17, 15) is 0 Å². The zero-order chi connectivity index (χ0) is 23.3. The van der Waals surface area contributed by atoms with Crippen LogP contribution >= 0.6 is 15.9 Å². The molecule has 0 saturated heterocycles. The van der Waals surface area contributed by atoms with Crippen LogP contribution in [-0.2, 0) is 6.42 Å². The van der Waals surface area contributed by atoms with Crippen molar-refractivity contribution < 1.29 is 4.74 Å². The number of nitrogens with two attached hydrogens (primary N) is 1. The van der Waals surface area contributed by atoms with Gasteiger partial charge in [-0.25, -0.2) is 4.98 Å². The first-order chi connectivity index (χ1) is 16.2. The lowest BCUT2D eigenvalue weighted by Gasteiger charge is -2.27. The lowest BCUT2D eigenvalue weighted by Crippen LogP contribution is -2.40. The number of anilines is 1. The molecule has 3 aromatic rings. The van der Waals surface area contributed by atoms with Gasteiger partial charge >= 0.3 is 0 Å². The number of nitrogens with one attached hydrogen (secondary N) is 2. The SMILES string of the molecule is CN=C/C(=C\N)c1cnc2c(c1)NCC(CNCCc1ccc(Br)cn1)O2.c1ccccc1. The van der Waals surface area contributed by atoms with Gasteiger partial charge in [0.2, 0.25) is 5.88 Å². The third kappa shape index (κ3) is 8.00. The summed E-state index contributed by atoms with van der Waals surface area (Å²) in [5.74, 6) is 0.608. The van der Waals surface area contributed by atoms with Gasteiger partial charge in [-0.2, -0.15) is 0 Å². The topological polar surface area (TPSA) is 97.5 Å². The van der Waals surface area contributed by atoms with Crippen LogP contribution < -0.4 is 21.1 Å². The second-order valence-electron chi connectivity index (χ2n) is 7.28. The first-order valence-corrected chi connectivity index (χ1v) is 11.5. The number of nitrogens with zero attached hydrogens (tertiary/aromatic N) is 3. The summed E-state index contributed by atoms with van der Waals surface area (Å²) in [6, 6.07) is 18.0. The Morgan fingerprint density at radius 2 is 1.97 bits per heavy atom. The van der Waals surface area contributed by atoms with E-state index in [0.29, 0.717) is 12.4 Å². The molecule has 4 rings (SSSR count). The molecule has 0 amide bonds. The molecule has 1 unspecified atom stereocenters. The van der Waals surface area contributed by atoms with Crippen molar-refractivity contribution in [2.24, 2.45) is 10.7 Å². The predicted octanol–water partition coefficient (Wildman–Crippen LogP) is 3.93. The monoisotopic (exact) mass is 508 g/mol. The minimum absolute atomic E-state index is 0.0236. The number of ether oxygens (including phenoxy) is 1. The zero-order valence-electron chi connectivity index (χ0n) is 18.6. The molecule has 0 radical (unpaired) electrons. The summed E-state index contributed by atoms with van der Waals surface area (Å²) in [4.78, 5) is 12.8. The Morgan fingerprint density at radius 3 is 2.61 bits per heavy atom. The minimum atomic E-state index is 0.0236. The zero-order valence-corrected chi connectivity index (χ0v) is 20.2. The van der Waals surface area contributed by atoms with E-state index in [1.807, 2.05) is 60.8 Å². The number of allylic oxidation sites excluding steroid dienone is 1. The molecule has 0 spiro atoms. The van der Waals surface area contributed by atoms with E-state index in [4.69, 9.17) is 10.5 Å². The van der Waals surface area contributed by atoms with Crippen molar-refractivity contribution in [3.8, 4) is 5.88 Å². The molecule has 1 atom stereocenters. The molecule has 4 N–H and O–H groups in total. The first kappa shape index (κ1) is 24.4. The number of aromatic nitrogens is 2. The van der Waals surface area contributed by atoms with Crippen molar-refractivity contribution in [3.05, 3.63) is 88.9 Å². The van der Waals surface area contributed by atoms with Crippen LogP contribution in [0.4, 0.5) is 5.69 Å². The molecule has 0 saturated carbocycles. The summed E-state index contributed by atoms with van der Waals surface area (Å²) in [7, 11) is 1.71. The molecule has 0 fully saturated rings. The van der Waals surface area contributed by atoms with Gasteiger partial charge in [0, 0.05) is 72.7 Å². The van der Waals surface area contributed by atoms with Crippen LogP contribution in [0.15, 0.2) is 82.7 Å². The van der Waals surface area contributed by atoms with Gasteiger partial charge in [0.05, 0.1) is 12.2 Å². The van der Waals surface area contributed by atoms with E-state index in [1.165, 1.54) is 6.20 Å². The molecule has 172 valence electrons. The fraction of sp³-hybridized carbons (Fsp3) is 0.240. The maximum absolute atomic E-state index is 5.99. The lowest BCUT2D eigenvalue weighted by molar-refractivity contribution is 0.194. The van der Waals surface area contributed by atoms with E-state index in [-0.39, 0.29) is 6.10 Å². The fourth-order valence-corrected chi connectivity index (χ4v) is 3.37. The molecular formula is C25H29BrN6O. The Balaban J connectivity index is 0.000000442. The molecule has 0 aliphatic carbocycles. The maximum Gasteiger partial charge on any atom is 0.237 e. The van der Waals surface area contributed by atoms with Crippen LogP contribution in [0.25, 0.3) is 5.57 Å². The van der Waals surface area contributed by atoms with Crippen molar-refractivity contribution in [2.45, 2.75) is 12.5 Å². The number of pyridine rings is 2. The van der Waals surface area contributed by atoms with Gasteiger partial charge in [0.1, 0.15) is 6.10 Å². The van der Waals surface area contributed by atoms with Gasteiger partial charge in [0.15, 0.2) is 0 Å². The molecule has 3 heterocycles. The van der Waals surface area contributed by atoms with Gasteiger partial charge in [-0.1, -0.05) is 36.4 Å². The highest BCUT2D eigenvalue weighted by atomic mass is 79.9. The summed E-state index contributed by atoms with van der Waals surface area (Å²) < 4.78 is 6.98. The average Bonchev–Trinajstić information content (AvgIpc) is 2.87. The van der Waals surface area contributed by atoms with E-state index in [0.717, 1.165) is 46.5 Å². The van der Waals surface area contributed by atoms with Gasteiger partial charge in [-0.05, 0) is 34.1 Å². The number of rotatable bonds is 7. The standard InChI is InChI=1S/C19H23BrN6O.C6H6/c1-22-8-14(7-21)13-6-18-19(26-9-13)27-17(12-25-18)11-23-5-4-16-3-2-15(20)10-24-16;1-2-4-6-5-3-1/h2-3,6-10,17,23,25H,4-5,11-12,21H2,1H3;1-6H/b14-7+,22-8?;. The van der Waals surface area contributed by atoms with E-state index < -0.39 is 0 Å². The fourth-order valence-electron chi connectivity index (χ4n) is 3.14. The molecule has 1 aliphatic rings. The van der Waals surface area contributed by atoms with Crippen molar-refractivity contribution in [1.82, 2.24) is 15.3 Å². The number of hydrogen-bond acceptors (Lipinski definition) is 7. The first-order valence-electron chi connectivity index (χ1n) is 10.8. The highest BCUT2D eigenvalue weighted by Crippen LogP contribution is 2.29. The van der Waals surface area contributed by atoms with E-state index in [2.05, 4.69) is 41.5 Å². The molecule has 7 nitrogen and oxygen atoms in total. The maximum atomic E-state index is 5.99. The predicted molar refractivity (Wildman–Crippen MR) is 139 cm³/mol. The molecule has 0 bridgehead atoms. The van der Waals surface area contributed by atoms with Gasteiger partial charge in [-0.15, -0.1) is 0 Å². The molecule has 2 aromatic heterocycles. The highest BCUT2D eigenvalue weighted by Gasteiger charge is 2.20. The minimum Gasteiger partial charge on any atom is -0.470 e. The number of benzene rings is 1. The van der Waals surface area contributed by atoms with Crippen LogP contribution in [-0.4, -0.2) is 49.0 Å². The summed E-state index contributed by atoms with van der Waals surface area (Å²) >= 11 is 3.39. The van der Waals surface area contributed by atoms with E-state index in [1.54, 1.807) is 19.5 Å². The van der Waals surface area contributed by atoms with Crippen molar-refractivity contribution in [1.29, 1.82) is 0 Å². The number of hydrogen-bond donors (Lipinski definition) is 3. The second-order valence-corrected chi connectivity index (χ2v) is 8.20. The summed E-state index contributed by atoms with van der Waals surface area (Å²) in [6.45, 7) is 2.29. The summed E-state index contributed by atoms with van der Waals surface area (Å²) in [5, 5.41) is 6.80. The van der Waals surface area contributed by atoms with Crippen LogP contribution in [0.5, 0.6) is 5.88 Å². The molecule has 1 aliphatic heterocycles. The Bertz CT molecular complexity index is 1010. The van der Waals surface area contributed by atoms with Gasteiger partial charge in [0.25, 0.3) is 0 Å².